The summed E-state index contributed by atoms with van der Waals surface area (Å²) >= 11 is 0. The van der Waals surface area contributed by atoms with E-state index in [9.17, 15) is 40.5 Å². The molecule has 1 unspecified atom stereocenters. The first-order chi connectivity index (χ1) is 9.68. The fourth-order valence-electron chi connectivity index (χ4n) is 1.95. The van der Waals surface area contributed by atoms with E-state index < -0.39 is 57.4 Å². The van der Waals surface area contributed by atoms with Gasteiger partial charge in [-0.15, -0.1) is 0 Å². The number of H-pyrrole nitrogens is 1. The Morgan fingerprint density at radius 3 is 1.67 bits per heavy atom. The number of nitrogens with zero attached hydrogens (tertiary/aromatic N) is 1. The van der Waals surface area contributed by atoms with Crippen LogP contribution in [-0.4, -0.2) is 45.5 Å². The first kappa shape index (κ1) is 14.4. The van der Waals surface area contributed by atoms with Crippen molar-refractivity contribution in [2.75, 3.05) is 0 Å². The number of aliphatic hydroxyl groups excluding tert-OH is 1. The highest BCUT2D eigenvalue weighted by Crippen LogP contribution is 2.53. The molecule has 21 heavy (non-hydrogen) atoms. The van der Waals surface area contributed by atoms with Gasteiger partial charge in [0.2, 0.25) is 23.0 Å². The van der Waals surface area contributed by atoms with Crippen LogP contribution in [0.15, 0.2) is 4.79 Å². The molecule has 10 heteroatoms. The molecule has 0 aliphatic carbocycles. The second kappa shape index (κ2) is 4.52. The van der Waals surface area contributed by atoms with E-state index in [2.05, 4.69) is 5.10 Å². The third-order valence-corrected chi connectivity index (χ3v) is 3.03. The number of phenolic OH excluding ortho intramolecular Hbond substituents is 5. The average Bonchev–Trinajstić information content (AvgIpc) is 2.67. The third kappa shape index (κ3) is 1.89. The number of nitrogens with one attached hydrogen (secondary N) is 1. The van der Waals surface area contributed by atoms with E-state index in [-0.39, 0.29) is 0 Å². The van der Waals surface area contributed by atoms with Crippen molar-refractivity contribution in [3.05, 3.63) is 21.6 Å². The Morgan fingerprint density at radius 1 is 0.857 bits per heavy atom. The molecule has 8 N–H and O–H groups in total. The Morgan fingerprint density at radius 2 is 1.29 bits per heavy atom. The quantitative estimate of drug-likeness (QED) is 0.257. The van der Waals surface area contributed by atoms with E-state index in [0.717, 1.165) is 4.68 Å². The fourth-order valence-corrected chi connectivity index (χ4v) is 1.95. The summed E-state index contributed by atoms with van der Waals surface area (Å²) in [5.41, 5.74) is -2.17. The van der Waals surface area contributed by atoms with Gasteiger partial charge in [0.15, 0.2) is 11.5 Å². The number of hydrogen-bond donors (Lipinski definition) is 8. The average molecular weight is 300 g/mol. The Bertz CT molecular complexity index is 747. The lowest BCUT2D eigenvalue weighted by molar-refractivity contribution is 0.192. The summed E-state index contributed by atoms with van der Waals surface area (Å²) in [5, 5.41) is 69.2. The Kier molecular flexibility index (Phi) is 3.10. The Hall–Kier alpha value is -3.01. The monoisotopic (exact) mass is 300 g/mol. The number of benzene rings is 1. The molecular formula is C11H12N2O8. The lowest BCUT2D eigenvalue weighted by atomic mass is 10.0. The molecule has 1 atom stereocenters. The van der Waals surface area contributed by atoms with Gasteiger partial charge in [-0.2, -0.15) is 0 Å². The number of hydrogen-bond acceptors (Lipinski definition) is 8. The molecule has 0 aliphatic rings. The van der Waals surface area contributed by atoms with Gasteiger partial charge in [-0.05, 0) is 0 Å². The standard InChI is InChI=1S/C11H12N2O8/c1-13-3(7(17)11(21)12-13)4(14)2-5(15)8(18)10(20)9(19)6(2)16/h4,14-20H,1H3,(H,12,21). The van der Waals surface area contributed by atoms with E-state index in [0.29, 0.717) is 0 Å². The maximum Gasteiger partial charge on any atom is 0.306 e. The van der Waals surface area contributed by atoms with Crippen LogP contribution in [0.3, 0.4) is 0 Å². The summed E-state index contributed by atoms with van der Waals surface area (Å²) in [5.74, 6) is -6.67. The van der Waals surface area contributed by atoms with Crippen LogP contribution in [-0.2, 0) is 7.05 Å². The molecular weight excluding hydrogens is 288 g/mol. The van der Waals surface area contributed by atoms with Gasteiger partial charge in [0.05, 0.1) is 5.56 Å². The van der Waals surface area contributed by atoms with Crippen molar-refractivity contribution in [3.63, 3.8) is 0 Å². The first-order valence-electron chi connectivity index (χ1n) is 5.53. The predicted octanol–water partition coefficient (Wildman–Crippen LogP) is -0.971. The molecule has 0 amide bonds. The minimum absolute atomic E-state index is 0.435. The number of aromatic amines is 1. The summed E-state index contributed by atoms with van der Waals surface area (Å²) in [6, 6.07) is 0. The lowest BCUT2D eigenvalue weighted by Gasteiger charge is -2.17. The van der Waals surface area contributed by atoms with Crippen molar-refractivity contribution in [2.24, 2.45) is 7.05 Å². The second-order valence-electron chi connectivity index (χ2n) is 4.29. The molecule has 1 aromatic carbocycles. The molecule has 114 valence electrons. The van der Waals surface area contributed by atoms with E-state index in [1.165, 1.54) is 7.05 Å². The maximum atomic E-state index is 11.3. The van der Waals surface area contributed by atoms with Gasteiger partial charge in [-0.25, -0.2) is 0 Å². The second-order valence-corrected chi connectivity index (χ2v) is 4.29. The Labute approximate surface area is 116 Å². The van der Waals surface area contributed by atoms with Gasteiger partial charge in [0.1, 0.15) is 11.8 Å². The third-order valence-electron chi connectivity index (χ3n) is 3.03. The number of aromatic nitrogens is 2. The fraction of sp³-hybridized carbons (Fsp3) is 0.182. The van der Waals surface area contributed by atoms with Crippen LogP contribution in [0.5, 0.6) is 34.5 Å². The van der Waals surface area contributed by atoms with Crippen LogP contribution < -0.4 is 5.56 Å². The molecule has 0 fully saturated rings. The smallest absolute Gasteiger partial charge is 0.306 e. The van der Waals surface area contributed by atoms with Crippen LogP contribution in [0.4, 0.5) is 0 Å². The van der Waals surface area contributed by atoms with E-state index in [1.807, 2.05) is 0 Å². The van der Waals surface area contributed by atoms with Crippen LogP contribution in [0, 0.1) is 0 Å². The predicted molar refractivity (Wildman–Crippen MR) is 66.5 cm³/mol. The highest BCUT2D eigenvalue weighted by Gasteiger charge is 2.32. The van der Waals surface area contributed by atoms with E-state index in [4.69, 9.17) is 0 Å². The van der Waals surface area contributed by atoms with Gasteiger partial charge in [0.25, 0.3) is 0 Å². The highest BCUT2D eigenvalue weighted by molar-refractivity contribution is 5.69. The normalized spacial score (nSPS) is 12.5. The van der Waals surface area contributed by atoms with Crippen LogP contribution in [0.1, 0.15) is 17.4 Å². The zero-order valence-corrected chi connectivity index (χ0v) is 10.6. The van der Waals surface area contributed by atoms with Crippen molar-refractivity contribution in [1.82, 2.24) is 9.78 Å². The summed E-state index contributed by atoms with van der Waals surface area (Å²) in [7, 11) is 1.26. The minimum Gasteiger partial charge on any atom is -0.504 e. The van der Waals surface area contributed by atoms with Crippen molar-refractivity contribution in [3.8, 4) is 34.5 Å². The summed E-state index contributed by atoms with van der Waals surface area (Å²) in [6.45, 7) is 0. The number of aryl methyl sites for hydroxylation is 1. The topological polar surface area (TPSA) is 179 Å². The van der Waals surface area contributed by atoms with Gasteiger partial charge < -0.3 is 35.7 Å². The van der Waals surface area contributed by atoms with Gasteiger partial charge >= 0.3 is 5.56 Å². The molecule has 2 rings (SSSR count). The summed E-state index contributed by atoms with van der Waals surface area (Å²) < 4.78 is 0.919. The lowest BCUT2D eigenvalue weighted by Crippen LogP contribution is -2.08. The van der Waals surface area contributed by atoms with Gasteiger partial charge in [-0.3, -0.25) is 14.6 Å². The summed E-state index contributed by atoms with van der Waals surface area (Å²) in [4.78, 5) is 11.3. The van der Waals surface area contributed by atoms with Crippen LogP contribution in [0.2, 0.25) is 0 Å². The maximum absolute atomic E-state index is 11.3. The number of phenols is 5. The van der Waals surface area contributed by atoms with E-state index in [1.54, 1.807) is 0 Å². The molecule has 2 aromatic rings. The molecule has 1 heterocycles. The largest absolute Gasteiger partial charge is 0.504 e. The first-order valence-corrected chi connectivity index (χ1v) is 5.53. The van der Waals surface area contributed by atoms with Crippen LogP contribution in [0.25, 0.3) is 0 Å². The van der Waals surface area contributed by atoms with Crippen molar-refractivity contribution in [1.29, 1.82) is 0 Å². The summed E-state index contributed by atoms with van der Waals surface area (Å²) in [6.07, 6.45) is -1.98. The molecule has 0 saturated heterocycles. The van der Waals surface area contributed by atoms with Crippen molar-refractivity contribution >= 4 is 0 Å². The van der Waals surface area contributed by atoms with Gasteiger partial charge in [-0.1, -0.05) is 0 Å². The Balaban J connectivity index is 2.75. The zero-order chi connectivity index (χ0) is 16.1. The number of aliphatic hydroxyl groups is 1. The highest BCUT2D eigenvalue weighted by atomic mass is 16.4. The van der Waals surface area contributed by atoms with Crippen molar-refractivity contribution < 1.29 is 35.7 Å². The molecule has 0 radical (unpaired) electrons. The molecule has 10 nitrogen and oxygen atoms in total. The molecule has 0 spiro atoms. The van der Waals surface area contributed by atoms with Crippen LogP contribution >= 0.6 is 0 Å². The molecule has 0 bridgehead atoms. The number of aromatic hydroxyl groups is 6. The zero-order valence-electron chi connectivity index (χ0n) is 10.6. The van der Waals surface area contributed by atoms with E-state index >= 15 is 0 Å². The molecule has 1 aromatic heterocycles. The molecule has 0 saturated carbocycles. The van der Waals surface area contributed by atoms with Crippen molar-refractivity contribution in [2.45, 2.75) is 6.10 Å². The number of rotatable bonds is 2. The van der Waals surface area contributed by atoms with Gasteiger partial charge in [0, 0.05) is 7.05 Å². The SMILES string of the molecule is Cn1[nH]c(=O)c(O)c1C(O)c1c(O)c(O)c(O)c(O)c1O. The molecule has 0 aliphatic heterocycles. The minimum atomic E-state index is -1.98.